The molecule has 0 atom stereocenters. The van der Waals surface area contributed by atoms with Crippen molar-refractivity contribution in [2.45, 2.75) is 26.8 Å². The van der Waals surface area contributed by atoms with Gasteiger partial charge in [-0.3, -0.25) is 0 Å². The molecule has 0 radical (unpaired) electrons. The number of nitrogens with zero attached hydrogens (tertiary/aromatic N) is 2. The van der Waals surface area contributed by atoms with Crippen LogP contribution in [-0.2, 0) is 6.54 Å². The number of halogens is 1. The summed E-state index contributed by atoms with van der Waals surface area (Å²) in [6.07, 6.45) is 2.81. The zero-order chi connectivity index (χ0) is 14.4. The van der Waals surface area contributed by atoms with Gasteiger partial charge in [0.2, 0.25) is 5.95 Å². The highest BCUT2D eigenvalue weighted by molar-refractivity contribution is 5.46. The minimum atomic E-state index is -0.224. The van der Waals surface area contributed by atoms with Gasteiger partial charge < -0.3 is 10.6 Å². The highest BCUT2D eigenvalue weighted by Crippen LogP contribution is 2.14. The largest absolute Gasteiger partial charge is 0.366 e. The molecule has 0 saturated heterocycles. The minimum absolute atomic E-state index is 0.224. The Morgan fingerprint density at radius 2 is 1.90 bits per heavy atom. The SMILES string of the molecule is CCCNc1ncc(C)c(NCc2ccc(F)cc2)n1. The number of benzene rings is 1. The van der Waals surface area contributed by atoms with Crippen LogP contribution >= 0.6 is 0 Å². The van der Waals surface area contributed by atoms with Gasteiger partial charge in [-0.25, -0.2) is 9.37 Å². The maximum absolute atomic E-state index is 12.8. The average molecular weight is 274 g/mol. The molecule has 1 heterocycles. The molecule has 0 unspecified atom stereocenters. The van der Waals surface area contributed by atoms with Crippen molar-refractivity contribution in [3.05, 3.63) is 47.4 Å². The number of hydrogen-bond acceptors (Lipinski definition) is 4. The first-order valence-electron chi connectivity index (χ1n) is 6.75. The summed E-state index contributed by atoms with van der Waals surface area (Å²) in [5.74, 6) is 1.19. The molecule has 20 heavy (non-hydrogen) atoms. The summed E-state index contributed by atoms with van der Waals surface area (Å²) < 4.78 is 12.8. The Bertz CT molecular complexity index is 554. The average Bonchev–Trinajstić information content (AvgIpc) is 2.46. The second-order valence-electron chi connectivity index (χ2n) is 4.63. The second-order valence-corrected chi connectivity index (χ2v) is 4.63. The molecule has 4 nitrogen and oxygen atoms in total. The van der Waals surface area contributed by atoms with Gasteiger partial charge in [-0.2, -0.15) is 4.98 Å². The summed E-state index contributed by atoms with van der Waals surface area (Å²) in [6.45, 7) is 5.50. The van der Waals surface area contributed by atoms with Crippen LogP contribution in [0.25, 0.3) is 0 Å². The van der Waals surface area contributed by atoms with Crippen molar-refractivity contribution in [2.75, 3.05) is 17.2 Å². The molecule has 0 amide bonds. The normalized spacial score (nSPS) is 10.3. The molecule has 0 aliphatic carbocycles. The van der Waals surface area contributed by atoms with Gasteiger partial charge in [-0.1, -0.05) is 19.1 Å². The Hall–Kier alpha value is -2.17. The second kappa shape index (κ2) is 6.84. The smallest absolute Gasteiger partial charge is 0.224 e. The van der Waals surface area contributed by atoms with E-state index in [0.29, 0.717) is 12.5 Å². The standard InChI is InChI=1S/C15H19FN4/c1-3-8-17-15-19-9-11(2)14(20-15)18-10-12-4-6-13(16)7-5-12/h4-7,9H,3,8,10H2,1-2H3,(H2,17,18,19,20). The van der Waals surface area contributed by atoms with Crippen LogP contribution in [0.15, 0.2) is 30.5 Å². The van der Waals surface area contributed by atoms with Crippen LogP contribution in [0.3, 0.4) is 0 Å². The quantitative estimate of drug-likeness (QED) is 0.848. The van der Waals surface area contributed by atoms with E-state index in [0.717, 1.165) is 29.9 Å². The lowest BCUT2D eigenvalue weighted by Crippen LogP contribution is -2.08. The van der Waals surface area contributed by atoms with Gasteiger partial charge in [0, 0.05) is 24.8 Å². The molecule has 5 heteroatoms. The van der Waals surface area contributed by atoms with E-state index in [2.05, 4.69) is 27.5 Å². The van der Waals surface area contributed by atoms with E-state index >= 15 is 0 Å². The van der Waals surface area contributed by atoms with Gasteiger partial charge in [0.25, 0.3) is 0 Å². The lowest BCUT2D eigenvalue weighted by Gasteiger charge is -2.10. The van der Waals surface area contributed by atoms with Gasteiger partial charge in [-0.15, -0.1) is 0 Å². The molecular formula is C15H19FN4. The lowest BCUT2D eigenvalue weighted by molar-refractivity contribution is 0.627. The third-order valence-electron chi connectivity index (χ3n) is 2.88. The molecule has 0 saturated carbocycles. The van der Waals surface area contributed by atoms with E-state index in [9.17, 15) is 4.39 Å². The van der Waals surface area contributed by atoms with Crippen molar-refractivity contribution in [3.63, 3.8) is 0 Å². The maximum Gasteiger partial charge on any atom is 0.224 e. The van der Waals surface area contributed by atoms with Crippen LogP contribution in [-0.4, -0.2) is 16.5 Å². The van der Waals surface area contributed by atoms with E-state index in [4.69, 9.17) is 0 Å². The fraction of sp³-hybridized carbons (Fsp3) is 0.333. The van der Waals surface area contributed by atoms with E-state index in [1.165, 1.54) is 12.1 Å². The maximum atomic E-state index is 12.8. The first-order chi connectivity index (χ1) is 9.69. The predicted molar refractivity (Wildman–Crippen MR) is 79.3 cm³/mol. The van der Waals surface area contributed by atoms with E-state index in [1.807, 2.05) is 6.92 Å². The van der Waals surface area contributed by atoms with Gasteiger partial charge >= 0.3 is 0 Å². The molecule has 2 rings (SSSR count). The summed E-state index contributed by atoms with van der Waals surface area (Å²) in [4.78, 5) is 8.67. The Balaban J connectivity index is 2.02. The van der Waals surface area contributed by atoms with Gasteiger partial charge in [-0.05, 0) is 31.0 Å². The van der Waals surface area contributed by atoms with E-state index in [-0.39, 0.29) is 5.82 Å². The Morgan fingerprint density at radius 1 is 1.15 bits per heavy atom. The molecular weight excluding hydrogens is 255 g/mol. The van der Waals surface area contributed by atoms with Crippen LogP contribution < -0.4 is 10.6 Å². The van der Waals surface area contributed by atoms with Crippen LogP contribution in [0.2, 0.25) is 0 Å². The Labute approximate surface area is 118 Å². The molecule has 0 aliphatic rings. The molecule has 2 N–H and O–H groups in total. The molecule has 106 valence electrons. The number of nitrogens with one attached hydrogen (secondary N) is 2. The van der Waals surface area contributed by atoms with Crippen molar-refractivity contribution in [1.82, 2.24) is 9.97 Å². The molecule has 0 fully saturated rings. The summed E-state index contributed by atoms with van der Waals surface area (Å²) in [7, 11) is 0. The van der Waals surface area contributed by atoms with Crippen molar-refractivity contribution >= 4 is 11.8 Å². The van der Waals surface area contributed by atoms with Gasteiger partial charge in [0.1, 0.15) is 11.6 Å². The molecule has 0 aliphatic heterocycles. The van der Waals surface area contributed by atoms with Crippen molar-refractivity contribution in [3.8, 4) is 0 Å². The number of rotatable bonds is 6. The third kappa shape index (κ3) is 3.91. The predicted octanol–water partition coefficient (Wildman–Crippen LogP) is 3.36. The number of aromatic nitrogens is 2. The van der Waals surface area contributed by atoms with E-state index in [1.54, 1.807) is 18.3 Å². The highest BCUT2D eigenvalue weighted by atomic mass is 19.1. The Morgan fingerprint density at radius 3 is 2.60 bits per heavy atom. The van der Waals surface area contributed by atoms with Crippen LogP contribution in [0.5, 0.6) is 0 Å². The van der Waals surface area contributed by atoms with Gasteiger partial charge in [0.15, 0.2) is 0 Å². The fourth-order valence-electron chi connectivity index (χ4n) is 1.73. The van der Waals surface area contributed by atoms with Crippen molar-refractivity contribution in [1.29, 1.82) is 0 Å². The zero-order valence-electron chi connectivity index (χ0n) is 11.8. The van der Waals surface area contributed by atoms with Crippen molar-refractivity contribution < 1.29 is 4.39 Å². The van der Waals surface area contributed by atoms with E-state index < -0.39 is 0 Å². The first kappa shape index (κ1) is 14.2. The number of hydrogen-bond donors (Lipinski definition) is 2. The molecule has 1 aromatic carbocycles. The minimum Gasteiger partial charge on any atom is -0.366 e. The topological polar surface area (TPSA) is 49.8 Å². The highest BCUT2D eigenvalue weighted by Gasteiger charge is 2.03. The molecule has 0 spiro atoms. The number of anilines is 2. The monoisotopic (exact) mass is 274 g/mol. The molecule has 2 aromatic rings. The summed E-state index contributed by atoms with van der Waals surface area (Å²) >= 11 is 0. The van der Waals surface area contributed by atoms with Gasteiger partial charge in [0.05, 0.1) is 0 Å². The molecule has 1 aromatic heterocycles. The molecule has 0 bridgehead atoms. The summed E-state index contributed by atoms with van der Waals surface area (Å²) in [6, 6.07) is 6.43. The zero-order valence-corrected chi connectivity index (χ0v) is 11.8. The summed E-state index contributed by atoms with van der Waals surface area (Å²) in [5.41, 5.74) is 1.99. The van der Waals surface area contributed by atoms with Crippen LogP contribution in [0.1, 0.15) is 24.5 Å². The summed E-state index contributed by atoms with van der Waals surface area (Å²) in [5, 5.41) is 6.41. The lowest BCUT2D eigenvalue weighted by atomic mass is 10.2. The third-order valence-corrected chi connectivity index (χ3v) is 2.88. The Kier molecular flexibility index (Phi) is 4.87. The fourth-order valence-corrected chi connectivity index (χ4v) is 1.73. The number of aryl methyl sites for hydroxylation is 1. The van der Waals surface area contributed by atoms with Crippen molar-refractivity contribution in [2.24, 2.45) is 0 Å². The van der Waals surface area contributed by atoms with Crippen LogP contribution in [0.4, 0.5) is 16.2 Å². The first-order valence-corrected chi connectivity index (χ1v) is 6.75. The van der Waals surface area contributed by atoms with Crippen LogP contribution in [0, 0.1) is 12.7 Å².